The summed E-state index contributed by atoms with van der Waals surface area (Å²) >= 11 is 0. The Bertz CT molecular complexity index is 1300. The van der Waals surface area contributed by atoms with Crippen LogP contribution in [0, 0.1) is 35.0 Å². The lowest BCUT2D eigenvalue weighted by molar-refractivity contribution is -0.113. The fraction of sp³-hybridized carbons (Fsp3) is 0.564. The molecule has 2 fully saturated rings. The molecule has 3 aliphatic carbocycles. The molecule has 2 unspecified atom stereocenters. The normalized spacial score (nSPS) is 28.6. The second-order valence-electron chi connectivity index (χ2n) is 14.4. The van der Waals surface area contributed by atoms with Crippen molar-refractivity contribution in [3.63, 3.8) is 0 Å². The number of benzene rings is 2. The summed E-state index contributed by atoms with van der Waals surface area (Å²) in [6.45, 7) is 18.5. The first kappa shape index (κ1) is 29.8. The largest absolute Gasteiger partial charge is 0.493 e. The van der Waals surface area contributed by atoms with E-state index in [-0.39, 0.29) is 5.41 Å². The number of hydrogen-bond donors (Lipinski definition) is 1. The highest BCUT2D eigenvalue weighted by atomic mass is 16.5. The molecule has 2 aromatic carbocycles. The molecule has 0 aliphatic heterocycles. The van der Waals surface area contributed by atoms with E-state index in [1.165, 1.54) is 59.9 Å². The highest BCUT2D eigenvalue weighted by molar-refractivity contribution is 5.75. The van der Waals surface area contributed by atoms with Gasteiger partial charge < -0.3 is 10.5 Å². The van der Waals surface area contributed by atoms with Gasteiger partial charge in [-0.05, 0) is 117 Å². The molecule has 0 saturated heterocycles. The maximum atomic E-state index is 6.32. The number of aryl methyl sites for hydroxylation is 2. The smallest absolute Gasteiger partial charge is 0.127 e. The molecule has 0 aromatic heterocycles. The van der Waals surface area contributed by atoms with Crippen molar-refractivity contribution in [2.24, 2.45) is 33.8 Å². The third kappa shape index (κ3) is 5.46. The first-order valence-corrected chi connectivity index (χ1v) is 16.3. The zero-order valence-electron chi connectivity index (χ0n) is 26.7. The maximum absolute atomic E-state index is 6.32. The van der Waals surface area contributed by atoms with Crippen molar-refractivity contribution in [3.05, 3.63) is 82.7 Å². The Hall–Kier alpha value is -2.70. The molecule has 5 rings (SSSR count). The van der Waals surface area contributed by atoms with Crippen LogP contribution >= 0.6 is 0 Å². The molecular weight excluding hydrogens is 498 g/mol. The average Bonchev–Trinajstić information content (AvgIpc) is 3.41. The topological polar surface area (TPSA) is 35.2 Å². The minimum absolute atomic E-state index is 0.0852. The van der Waals surface area contributed by atoms with Crippen molar-refractivity contribution >= 4 is 0 Å². The summed E-state index contributed by atoms with van der Waals surface area (Å²) in [5.41, 5.74) is 19.5. The average molecular weight is 552 g/mol. The molecule has 41 heavy (non-hydrogen) atoms. The molecule has 2 nitrogen and oxygen atoms in total. The first-order chi connectivity index (χ1) is 19.6. The van der Waals surface area contributed by atoms with Crippen LogP contribution in [-0.4, -0.2) is 6.61 Å². The Morgan fingerprint density at radius 2 is 1.78 bits per heavy atom. The zero-order valence-corrected chi connectivity index (χ0v) is 26.7. The zero-order chi connectivity index (χ0) is 29.4. The van der Waals surface area contributed by atoms with Gasteiger partial charge in [0.15, 0.2) is 0 Å². The molecule has 2 aromatic rings. The van der Waals surface area contributed by atoms with Crippen molar-refractivity contribution in [2.75, 3.05) is 6.61 Å². The summed E-state index contributed by atoms with van der Waals surface area (Å²) in [4.78, 5) is 0. The predicted octanol–water partition coefficient (Wildman–Crippen LogP) is 10.1. The van der Waals surface area contributed by atoms with Gasteiger partial charge in [0.1, 0.15) is 5.75 Å². The quantitative estimate of drug-likeness (QED) is 0.248. The minimum atomic E-state index is 0.0852. The van der Waals surface area contributed by atoms with Crippen LogP contribution in [0.25, 0.3) is 11.1 Å². The van der Waals surface area contributed by atoms with Gasteiger partial charge in [0, 0.05) is 11.0 Å². The van der Waals surface area contributed by atoms with E-state index < -0.39 is 0 Å². The molecule has 2 heteroatoms. The summed E-state index contributed by atoms with van der Waals surface area (Å²) < 4.78 is 6.32. The summed E-state index contributed by atoms with van der Waals surface area (Å²) in [6.07, 6.45) is 14.7. The molecular formula is C39H53NO. The number of nitrogens with two attached hydrogens (primary N) is 1. The van der Waals surface area contributed by atoms with Gasteiger partial charge >= 0.3 is 0 Å². The van der Waals surface area contributed by atoms with Crippen LogP contribution in [0.2, 0.25) is 0 Å². The monoisotopic (exact) mass is 551 g/mol. The van der Waals surface area contributed by atoms with E-state index in [1.807, 2.05) is 0 Å². The lowest BCUT2D eigenvalue weighted by Crippen LogP contribution is -2.54. The minimum Gasteiger partial charge on any atom is -0.493 e. The van der Waals surface area contributed by atoms with Gasteiger partial charge in [-0.15, -0.1) is 5.73 Å². The third-order valence-corrected chi connectivity index (χ3v) is 11.7. The number of allylic oxidation sites excluding steroid dienone is 3. The van der Waals surface area contributed by atoms with Crippen LogP contribution in [0.4, 0.5) is 0 Å². The predicted molar refractivity (Wildman–Crippen MR) is 174 cm³/mol. The molecule has 220 valence electrons. The van der Waals surface area contributed by atoms with Crippen molar-refractivity contribution in [1.29, 1.82) is 0 Å². The van der Waals surface area contributed by atoms with E-state index in [0.29, 0.717) is 23.4 Å². The Kier molecular flexibility index (Phi) is 8.37. The number of rotatable bonds is 9. The van der Waals surface area contributed by atoms with Gasteiger partial charge in [-0.2, -0.15) is 0 Å². The molecule has 0 heterocycles. The lowest BCUT2D eigenvalue weighted by Gasteiger charge is -2.61. The van der Waals surface area contributed by atoms with E-state index in [1.54, 1.807) is 5.57 Å². The Labute approximate surface area is 250 Å². The molecule has 2 N–H and O–H groups in total. The van der Waals surface area contributed by atoms with Gasteiger partial charge in [-0.25, -0.2) is 0 Å². The molecule has 0 radical (unpaired) electrons. The van der Waals surface area contributed by atoms with Gasteiger partial charge in [0.05, 0.1) is 12.3 Å². The van der Waals surface area contributed by atoms with E-state index in [9.17, 15) is 0 Å². The van der Waals surface area contributed by atoms with Crippen LogP contribution in [0.1, 0.15) is 103 Å². The molecule has 0 bridgehead atoms. The highest BCUT2D eigenvalue weighted by Gasteiger charge is 2.60. The summed E-state index contributed by atoms with van der Waals surface area (Å²) in [5, 5.41) is 0. The van der Waals surface area contributed by atoms with Gasteiger partial charge in [-0.3, -0.25) is 0 Å². The Balaban J connectivity index is 1.30. The van der Waals surface area contributed by atoms with Crippen LogP contribution in [0.15, 0.2) is 66.1 Å². The van der Waals surface area contributed by atoms with Crippen LogP contribution in [-0.2, 0) is 12.8 Å². The lowest BCUT2D eigenvalue weighted by atomic mass is 9.43. The molecule has 2 atom stereocenters. The maximum Gasteiger partial charge on any atom is 0.127 e. The second kappa shape index (κ2) is 11.5. The van der Waals surface area contributed by atoms with E-state index in [0.717, 1.165) is 49.5 Å². The standard InChI is InChI=1S/C39H53NO/c1-8-11-31-22-28(24-34(41-10-3)36(31)30-14-12-27(4)13-15-30)23-33-26-39(37(33,5)6)21-18-32(25-39)29-16-19-38(7,20-17-29)35(40)9-2/h12-15,18,22,24,29,33H,2,8,10-11,16-17,19-21,23,25-26,40H2,1,3-7H3. The summed E-state index contributed by atoms with van der Waals surface area (Å²) in [7, 11) is 0. The number of hydrogen-bond acceptors (Lipinski definition) is 2. The second-order valence-corrected chi connectivity index (χ2v) is 14.4. The summed E-state index contributed by atoms with van der Waals surface area (Å²) in [6, 6.07) is 13.8. The third-order valence-electron chi connectivity index (χ3n) is 11.7. The van der Waals surface area contributed by atoms with Gasteiger partial charge in [0.25, 0.3) is 0 Å². The highest BCUT2D eigenvalue weighted by Crippen LogP contribution is 2.69. The van der Waals surface area contributed by atoms with E-state index in [2.05, 4.69) is 96.3 Å². The van der Waals surface area contributed by atoms with Gasteiger partial charge in [-0.1, -0.05) is 88.2 Å². The molecule has 2 saturated carbocycles. The Morgan fingerprint density at radius 3 is 2.39 bits per heavy atom. The van der Waals surface area contributed by atoms with Crippen molar-refractivity contribution in [3.8, 4) is 16.9 Å². The summed E-state index contributed by atoms with van der Waals surface area (Å²) in [5.74, 6) is 2.50. The van der Waals surface area contributed by atoms with Gasteiger partial charge in [0.2, 0.25) is 0 Å². The van der Waals surface area contributed by atoms with E-state index >= 15 is 0 Å². The van der Waals surface area contributed by atoms with Crippen LogP contribution in [0.5, 0.6) is 5.75 Å². The Morgan fingerprint density at radius 1 is 1.07 bits per heavy atom. The van der Waals surface area contributed by atoms with Crippen molar-refractivity contribution in [1.82, 2.24) is 0 Å². The fourth-order valence-corrected chi connectivity index (χ4v) is 8.47. The van der Waals surface area contributed by atoms with Crippen LogP contribution in [0.3, 0.4) is 0 Å². The molecule has 3 aliphatic rings. The first-order valence-electron chi connectivity index (χ1n) is 16.3. The fourth-order valence-electron chi connectivity index (χ4n) is 8.47. The number of ether oxygens (including phenoxy) is 1. The SMILES string of the molecule is C=C=C(N)C1(C)CCC(C2=CCC3(C2)CC(Cc2cc(CCC)c(-c4ccc(C)cc4)c(OCC)c2)C3(C)C)CC1. The van der Waals surface area contributed by atoms with Crippen LogP contribution < -0.4 is 10.5 Å². The molecule has 1 spiro atoms. The molecule has 0 amide bonds. The van der Waals surface area contributed by atoms with Crippen molar-refractivity contribution in [2.45, 2.75) is 106 Å². The van der Waals surface area contributed by atoms with Crippen molar-refractivity contribution < 1.29 is 4.74 Å². The van der Waals surface area contributed by atoms with E-state index in [4.69, 9.17) is 10.5 Å².